The van der Waals surface area contributed by atoms with Gasteiger partial charge in [0, 0.05) is 5.92 Å². The van der Waals surface area contributed by atoms with E-state index in [4.69, 9.17) is 0 Å². The van der Waals surface area contributed by atoms with Crippen molar-refractivity contribution >= 4 is 6.29 Å². The van der Waals surface area contributed by atoms with Crippen LogP contribution in [0, 0.1) is 11.3 Å². The van der Waals surface area contributed by atoms with Gasteiger partial charge in [0.25, 0.3) is 0 Å². The van der Waals surface area contributed by atoms with Crippen LogP contribution < -0.4 is 0 Å². The summed E-state index contributed by atoms with van der Waals surface area (Å²) in [5, 5.41) is 9.91. The number of hydrogen-bond acceptors (Lipinski definition) is 2. The van der Waals surface area contributed by atoms with Gasteiger partial charge in [0.15, 0.2) is 0 Å². The Morgan fingerprint density at radius 2 is 1.75 bits per heavy atom. The summed E-state index contributed by atoms with van der Waals surface area (Å²) in [6, 6.07) is 0. The van der Waals surface area contributed by atoms with Gasteiger partial charge in [0.1, 0.15) is 6.29 Å². The monoisotopic (exact) mass is 326 g/mol. The van der Waals surface area contributed by atoms with Gasteiger partial charge >= 0.3 is 0 Å². The van der Waals surface area contributed by atoms with Crippen LogP contribution in [0.1, 0.15) is 41.0 Å². The van der Waals surface area contributed by atoms with E-state index in [-0.39, 0.29) is 11.5 Å². The van der Waals surface area contributed by atoms with Gasteiger partial charge in [-0.25, -0.2) is 0 Å². The molecule has 0 bridgehead atoms. The molecule has 24 heavy (non-hydrogen) atoms. The van der Waals surface area contributed by atoms with Gasteiger partial charge in [0.2, 0.25) is 0 Å². The molecule has 2 atom stereocenters. The van der Waals surface area contributed by atoms with Gasteiger partial charge in [-0.2, -0.15) is 0 Å². The molecule has 0 saturated heterocycles. The largest absolute Gasteiger partial charge is 0.389 e. The quantitative estimate of drug-likeness (QED) is 0.319. The number of rotatable bonds is 6. The Bertz CT molecular complexity index is 610. The highest BCUT2D eigenvalue weighted by Gasteiger charge is 2.34. The molecule has 0 aliphatic heterocycles. The first-order valence-electron chi connectivity index (χ1n) is 8.44. The molecule has 0 aromatic carbocycles. The molecule has 1 N–H and O–H groups in total. The minimum absolute atomic E-state index is 0.0646. The van der Waals surface area contributed by atoms with Crippen LogP contribution in [0.4, 0.5) is 0 Å². The first-order chi connectivity index (χ1) is 11.3. The highest BCUT2D eigenvalue weighted by Crippen LogP contribution is 2.41. The van der Waals surface area contributed by atoms with Crippen molar-refractivity contribution in [2.45, 2.75) is 47.1 Å². The first kappa shape index (κ1) is 20.1. The van der Waals surface area contributed by atoms with Crippen molar-refractivity contribution in [3.8, 4) is 0 Å². The minimum atomic E-state index is -0.327. The fourth-order valence-electron chi connectivity index (χ4n) is 3.12. The predicted molar refractivity (Wildman–Crippen MR) is 103 cm³/mol. The SMILES string of the molecule is CC1=C[C@H](O)CC(C)(C)[C@H]1/C=C/C(C)=C/C=C/C(C)=C/C=C/C=O. The number of aliphatic hydroxyl groups excluding tert-OH is 1. The van der Waals surface area contributed by atoms with E-state index in [0.29, 0.717) is 5.92 Å². The lowest BCUT2D eigenvalue weighted by Crippen LogP contribution is -2.32. The molecule has 130 valence electrons. The summed E-state index contributed by atoms with van der Waals surface area (Å²) in [6.07, 6.45) is 18.8. The zero-order chi connectivity index (χ0) is 18.2. The third kappa shape index (κ3) is 6.67. The normalized spacial score (nSPS) is 25.7. The summed E-state index contributed by atoms with van der Waals surface area (Å²) >= 11 is 0. The fourth-order valence-corrected chi connectivity index (χ4v) is 3.12. The number of aliphatic hydroxyl groups is 1. The summed E-state index contributed by atoms with van der Waals surface area (Å²) in [7, 11) is 0. The second kappa shape index (κ2) is 9.39. The molecular weight excluding hydrogens is 296 g/mol. The van der Waals surface area contributed by atoms with Crippen LogP contribution in [0.25, 0.3) is 0 Å². The summed E-state index contributed by atoms with van der Waals surface area (Å²) in [4.78, 5) is 10.2. The van der Waals surface area contributed by atoms with Crippen molar-refractivity contribution in [1.82, 2.24) is 0 Å². The van der Waals surface area contributed by atoms with Crippen molar-refractivity contribution in [3.63, 3.8) is 0 Å². The van der Waals surface area contributed by atoms with E-state index in [2.05, 4.69) is 45.9 Å². The second-order valence-corrected chi connectivity index (χ2v) is 7.21. The van der Waals surface area contributed by atoms with Crippen LogP contribution in [-0.4, -0.2) is 17.5 Å². The Kier molecular flexibility index (Phi) is 7.87. The van der Waals surface area contributed by atoms with Gasteiger partial charge in [-0.1, -0.05) is 79.2 Å². The van der Waals surface area contributed by atoms with E-state index in [1.54, 1.807) is 6.08 Å². The third-order valence-electron chi connectivity index (χ3n) is 4.34. The molecule has 0 saturated carbocycles. The highest BCUT2D eigenvalue weighted by molar-refractivity contribution is 5.65. The Labute approximate surface area is 146 Å². The Morgan fingerprint density at radius 3 is 2.38 bits per heavy atom. The molecule has 2 nitrogen and oxygen atoms in total. The van der Waals surface area contributed by atoms with E-state index < -0.39 is 0 Å². The van der Waals surface area contributed by atoms with Crippen LogP contribution in [0.5, 0.6) is 0 Å². The molecule has 1 aliphatic rings. The molecule has 1 rings (SSSR count). The zero-order valence-electron chi connectivity index (χ0n) is 15.5. The summed E-state index contributed by atoms with van der Waals surface area (Å²) < 4.78 is 0. The van der Waals surface area contributed by atoms with E-state index in [1.165, 1.54) is 17.2 Å². The smallest absolute Gasteiger partial charge is 0.142 e. The highest BCUT2D eigenvalue weighted by atomic mass is 16.3. The molecule has 2 heteroatoms. The van der Waals surface area contributed by atoms with Gasteiger partial charge in [-0.05, 0) is 38.7 Å². The van der Waals surface area contributed by atoms with Crippen LogP contribution in [0.2, 0.25) is 0 Å². The van der Waals surface area contributed by atoms with Crippen LogP contribution in [0.15, 0.2) is 71.4 Å². The average molecular weight is 326 g/mol. The van der Waals surface area contributed by atoms with Crippen molar-refractivity contribution in [3.05, 3.63) is 71.4 Å². The minimum Gasteiger partial charge on any atom is -0.389 e. The van der Waals surface area contributed by atoms with Crippen molar-refractivity contribution < 1.29 is 9.90 Å². The molecule has 0 spiro atoms. The average Bonchev–Trinajstić information content (AvgIpc) is 2.45. The zero-order valence-corrected chi connectivity index (χ0v) is 15.5. The van der Waals surface area contributed by atoms with E-state index in [0.717, 1.165) is 18.3 Å². The van der Waals surface area contributed by atoms with Gasteiger partial charge < -0.3 is 5.11 Å². The Morgan fingerprint density at radius 1 is 1.12 bits per heavy atom. The predicted octanol–water partition coefficient (Wildman–Crippen LogP) is 5.10. The Hall–Kier alpha value is -1.93. The maximum Gasteiger partial charge on any atom is 0.142 e. The molecule has 0 aromatic heterocycles. The molecule has 0 fully saturated rings. The second-order valence-electron chi connectivity index (χ2n) is 7.21. The molecular formula is C22H30O2. The van der Waals surface area contributed by atoms with Crippen molar-refractivity contribution in [2.75, 3.05) is 0 Å². The fraction of sp³-hybridized carbons (Fsp3) is 0.409. The first-order valence-corrected chi connectivity index (χ1v) is 8.44. The van der Waals surface area contributed by atoms with Gasteiger partial charge in [-0.15, -0.1) is 0 Å². The van der Waals surface area contributed by atoms with Gasteiger partial charge in [0.05, 0.1) is 6.10 Å². The third-order valence-corrected chi connectivity index (χ3v) is 4.34. The molecule has 0 heterocycles. The number of carbonyl (C=O) groups excluding carboxylic acids is 1. The number of hydrogen-bond donors (Lipinski definition) is 1. The summed E-state index contributed by atoms with van der Waals surface area (Å²) in [6.45, 7) is 10.6. The number of allylic oxidation sites excluding steroid dienone is 11. The molecule has 0 aromatic rings. The summed E-state index contributed by atoms with van der Waals surface area (Å²) in [5.74, 6) is 0.350. The van der Waals surface area contributed by atoms with Crippen LogP contribution in [0.3, 0.4) is 0 Å². The maximum absolute atomic E-state index is 10.2. The number of carbonyl (C=O) groups is 1. The molecule has 0 amide bonds. The number of aldehydes is 1. The molecule has 0 radical (unpaired) electrons. The van der Waals surface area contributed by atoms with E-state index in [9.17, 15) is 9.90 Å². The lowest BCUT2D eigenvalue weighted by atomic mass is 9.67. The van der Waals surface area contributed by atoms with Crippen molar-refractivity contribution in [1.29, 1.82) is 0 Å². The van der Waals surface area contributed by atoms with Crippen LogP contribution >= 0.6 is 0 Å². The van der Waals surface area contributed by atoms with E-state index >= 15 is 0 Å². The standard InChI is InChI=1S/C22H30O2/c1-17(9-6-7-14-23)10-8-11-18(2)12-13-21-19(3)15-20(24)16-22(21,4)5/h6-15,20-21,24H,16H2,1-5H3/b7-6+,10-8+,13-12+,17-9+,18-11+/t20-,21-/m0/s1. The molecule has 1 aliphatic carbocycles. The lowest BCUT2D eigenvalue weighted by molar-refractivity contribution is -0.104. The molecule has 0 unspecified atom stereocenters. The lowest BCUT2D eigenvalue weighted by Gasteiger charge is -2.38. The van der Waals surface area contributed by atoms with Crippen molar-refractivity contribution in [2.24, 2.45) is 11.3 Å². The maximum atomic E-state index is 10.2. The van der Waals surface area contributed by atoms with Crippen LogP contribution in [-0.2, 0) is 4.79 Å². The topological polar surface area (TPSA) is 37.3 Å². The Balaban J connectivity index is 2.75. The van der Waals surface area contributed by atoms with E-state index in [1.807, 2.05) is 31.2 Å². The summed E-state index contributed by atoms with van der Waals surface area (Å²) in [5.41, 5.74) is 3.56. The van der Waals surface area contributed by atoms with Gasteiger partial charge in [-0.3, -0.25) is 4.79 Å².